The number of carbonyl (C=O) groups excluding carboxylic acids is 2. The Labute approximate surface area is 144 Å². The minimum atomic E-state index is -1.02. The Morgan fingerprint density at radius 3 is 2.24 bits per heavy atom. The topological polar surface area (TPSA) is 110 Å². The predicted octanol–water partition coefficient (Wildman–Crippen LogP) is 1.81. The second-order valence-corrected chi connectivity index (χ2v) is 5.68. The Bertz CT molecular complexity index is 706. The van der Waals surface area contributed by atoms with Crippen LogP contribution in [-0.4, -0.2) is 33.0 Å². The largest absolute Gasteiger partial charge is 0.492 e. The molecule has 0 aliphatic heterocycles. The van der Waals surface area contributed by atoms with Crippen molar-refractivity contribution in [2.45, 2.75) is 26.5 Å². The van der Waals surface area contributed by atoms with Gasteiger partial charge in [-0.15, -0.1) is 4.73 Å². The SMILES string of the molecule is CC(C)[C@H](NC(=O)OCc1ccccc1)C(=O)On1c(O)ccc1O. The summed E-state index contributed by atoms with van der Waals surface area (Å²) in [7, 11) is 0. The first-order valence-corrected chi connectivity index (χ1v) is 7.67. The van der Waals surface area contributed by atoms with Gasteiger partial charge in [0.1, 0.15) is 12.6 Å². The highest BCUT2D eigenvalue weighted by Crippen LogP contribution is 2.19. The highest BCUT2D eigenvalue weighted by Gasteiger charge is 2.28. The van der Waals surface area contributed by atoms with Crippen LogP contribution in [-0.2, 0) is 16.1 Å². The summed E-state index contributed by atoms with van der Waals surface area (Å²) in [5.41, 5.74) is 0.809. The van der Waals surface area contributed by atoms with E-state index in [0.29, 0.717) is 4.73 Å². The zero-order valence-corrected chi connectivity index (χ0v) is 13.9. The number of hydrogen-bond donors (Lipinski definition) is 3. The van der Waals surface area contributed by atoms with Crippen molar-refractivity contribution in [2.75, 3.05) is 0 Å². The molecule has 0 aliphatic rings. The van der Waals surface area contributed by atoms with E-state index in [2.05, 4.69) is 5.32 Å². The van der Waals surface area contributed by atoms with E-state index in [1.165, 1.54) is 0 Å². The van der Waals surface area contributed by atoms with Crippen LogP contribution in [0.1, 0.15) is 19.4 Å². The van der Waals surface area contributed by atoms with Crippen molar-refractivity contribution in [3.8, 4) is 11.8 Å². The highest BCUT2D eigenvalue weighted by molar-refractivity contribution is 5.81. The molecule has 0 radical (unpaired) electrons. The van der Waals surface area contributed by atoms with Gasteiger partial charge in [0.05, 0.1) is 0 Å². The zero-order valence-electron chi connectivity index (χ0n) is 13.9. The molecule has 8 heteroatoms. The molecular weight excluding hydrogens is 328 g/mol. The van der Waals surface area contributed by atoms with Gasteiger partial charge in [0.25, 0.3) is 0 Å². The molecule has 0 unspecified atom stereocenters. The Hall–Kier alpha value is -3.16. The van der Waals surface area contributed by atoms with Crippen LogP contribution in [0.5, 0.6) is 11.8 Å². The minimum absolute atomic E-state index is 0.0612. The number of hydrogen-bond acceptors (Lipinski definition) is 6. The predicted molar refractivity (Wildman–Crippen MR) is 87.7 cm³/mol. The van der Waals surface area contributed by atoms with Gasteiger partial charge in [0, 0.05) is 12.1 Å². The summed E-state index contributed by atoms with van der Waals surface area (Å²) in [6.45, 7) is 3.48. The van der Waals surface area contributed by atoms with Crippen LogP contribution >= 0.6 is 0 Å². The van der Waals surface area contributed by atoms with Gasteiger partial charge in [0.2, 0.25) is 11.8 Å². The molecule has 1 amide bonds. The third-order valence-corrected chi connectivity index (χ3v) is 3.39. The molecule has 0 aliphatic carbocycles. The first-order valence-electron chi connectivity index (χ1n) is 7.67. The molecule has 0 bridgehead atoms. The maximum atomic E-state index is 12.2. The van der Waals surface area contributed by atoms with Crippen LogP contribution in [0.2, 0.25) is 0 Å². The molecular formula is C17H20N2O6. The average molecular weight is 348 g/mol. The molecule has 0 fully saturated rings. The lowest BCUT2D eigenvalue weighted by atomic mass is 10.1. The van der Waals surface area contributed by atoms with Gasteiger partial charge in [-0.1, -0.05) is 44.2 Å². The summed E-state index contributed by atoms with van der Waals surface area (Å²) >= 11 is 0. The van der Waals surface area contributed by atoms with Crippen LogP contribution in [0, 0.1) is 5.92 Å². The summed E-state index contributed by atoms with van der Waals surface area (Å²) in [6, 6.07) is 10.4. The summed E-state index contributed by atoms with van der Waals surface area (Å²) < 4.78 is 5.64. The monoisotopic (exact) mass is 348 g/mol. The Morgan fingerprint density at radius 2 is 1.68 bits per heavy atom. The van der Waals surface area contributed by atoms with Gasteiger partial charge >= 0.3 is 12.1 Å². The van der Waals surface area contributed by atoms with Crippen LogP contribution < -0.4 is 10.2 Å². The van der Waals surface area contributed by atoms with Crippen molar-refractivity contribution < 1.29 is 29.4 Å². The Kier molecular flexibility index (Phi) is 5.89. The molecule has 2 rings (SSSR count). The third-order valence-electron chi connectivity index (χ3n) is 3.39. The van der Waals surface area contributed by atoms with Crippen molar-refractivity contribution in [3.05, 3.63) is 48.0 Å². The molecule has 1 aromatic carbocycles. The van der Waals surface area contributed by atoms with E-state index >= 15 is 0 Å². The first-order chi connectivity index (χ1) is 11.9. The maximum Gasteiger partial charge on any atom is 0.408 e. The molecule has 2 aromatic rings. The quantitative estimate of drug-likeness (QED) is 0.734. The van der Waals surface area contributed by atoms with Gasteiger partial charge in [-0.3, -0.25) is 0 Å². The molecule has 0 saturated carbocycles. The van der Waals surface area contributed by atoms with Crippen LogP contribution in [0.3, 0.4) is 0 Å². The van der Waals surface area contributed by atoms with Gasteiger partial charge in [0.15, 0.2) is 0 Å². The van der Waals surface area contributed by atoms with Crippen molar-refractivity contribution >= 4 is 12.1 Å². The van der Waals surface area contributed by atoms with E-state index in [9.17, 15) is 19.8 Å². The lowest BCUT2D eigenvalue weighted by Gasteiger charge is -2.20. The first kappa shape index (κ1) is 18.2. The number of aromatic nitrogens is 1. The standard InChI is InChI=1S/C17H20N2O6/c1-11(2)15(16(22)25-19-13(20)8-9-14(19)21)18-17(23)24-10-12-6-4-3-5-7-12/h3-9,11,15,20-21H,10H2,1-2H3,(H,18,23)/t15-/m0/s1. The second-order valence-electron chi connectivity index (χ2n) is 5.68. The van der Waals surface area contributed by atoms with E-state index < -0.39 is 29.9 Å². The smallest absolute Gasteiger partial charge is 0.408 e. The Balaban J connectivity index is 1.95. The average Bonchev–Trinajstić information content (AvgIpc) is 2.90. The third kappa shape index (κ3) is 4.90. The number of amides is 1. The van der Waals surface area contributed by atoms with Gasteiger partial charge in [-0.25, -0.2) is 9.59 Å². The zero-order chi connectivity index (χ0) is 18.4. The maximum absolute atomic E-state index is 12.2. The molecule has 1 aromatic heterocycles. The molecule has 134 valence electrons. The number of carbonyl (C=O) groups is 2. The summed E-state index contributed by atoms with van der Waals surface area (Å²) in [5, 5.41) is 21.4. The van der Waals surface area contributed by atoms with E-state index in [-0.39, 0.29) is 12.5 Å². The molecule has 25 heavy (non-hydrogen) atoms. The number of aromatic hydroxyl groups is 2. The van der Waals surface area contributed by atoms with E-state index in [4.69, 9.17) is 9.57 Å². The fraction of sp³-hybridized carbons (Fsp3) is 0.294. The number of rotatable bonds is 6. The van der Waals surface area contributed by atoms with E-state index in [0.717, 1.165) is 17.7 Å². The van der Waals surface area contributed by atoms with Crippen molar-refractivity contribution in [3.63, 3.8) is 0 Å². The van der Waals surface area contributed by atoms with Crippen LogP contribution in [0.25, 0.3) is 0 Å². The number of alkyl carbamates (subject to hydrolysis) is 1. The lowest BCUT2D eigenvalue weighted by Crippen LogP contribution is -2.48. The van der Waals surface area contributed by atoms with Gasteiger partial charge in [-0.05, 0) is 11.5 Å². The summed E-state index contributed by atoms with van der Waals surface area (Å²) in [5.74, 6) is -2.05. The lowest BCUT2D eigenvalue weighted by molar-refractivity contribution is -0.149. The van der Waals surface area contributed by atoms with Crippen molar-refractivity contribution in [1.29, 1.82) is 0 Å². The number of benzene rings is 1. The molecule has 0 spiro atoms. The number of nitrogens with zero attached hydrogens (tertiary/aromatic N) is 1. The van der Waals surface area contributed by atoms with Gasteiger partial charge in [-0.2, -0.15) is 0 Å². The molecule has 3 N–H and O–H groups in total. The van der Waals surface area contributed by atoms with Crippen molar-refractivity contribution in [1.82, 2.24) is 10.0 Å². The molecule has 0 saturated heterocycles. The van der Waals surface area contributed by atoms with Crippen LogP contribution in [0.4, 0.5) is 4.79 Å². The van der Waals surface area contributed by atoms with E-state index in [1.54, 1.807) is 26.0 Å². The number of ether oxygens (including phenoxy) is 1. The summed E-state index contributed by atoms with van der Waals surface area (Å²) in [6.07, 6.45) is -0.777. The minimum Gasteiger partial charge on any atom is -0.492 e. The molecule has 1 atom stereocenters. The van der Waals surface area contributed by atoms with E-state index in [1.807, 2.05) is 18.2 Å². The fourth-order valence-corrected chi connectivity index (χ4v) is 2.03. The van der Waals surface area contributed by atoms with Crippen LogP contribution in [0.15, 0.2) is 42.5 Å². The molecule has 8 nitrogen and oxygen atoms in total. The normalized spacial score (nSPS) is 11.8. The van der Waals surface area contributed by atoms with Crippen molar-refractivity contribution in [2.24, 2.45) is 5.92 Å². The fourth-order valence-electron chi connectivity index (χ4n) is 2.03. The summed E-state index contributed by atoms with van der Waals surface area (Å²) in [4.78, 5) is 29.1. The second kappa shape index (κ2) is 8.09. The number of nitrogens with one attached hydrogen (secondary N) is 1. The molecule has 1 heterocycles. The Morgan fingerprint density at radius 1 is 1.08 bits per heavy atom. The highest BCUT2D eigenvalue weighted by atomic mass is 16.7. The van der Waals surface area contributed by atoms with Gasteiger partial charge < -0.3 is 25.1 Å².